The summed E-state index contributed by atoms with van der Waals surface area (Å²) in [5.74, 6) is 0.996. The number of anilines is 1. The van der Waals surface area contributed by atoms with Gasteiger partial charge in [-0.25, -0.2) is 4.79 Å². The summed E-state index contributed by atoms with van der Waals surface area (Å²) in [5.41, 5.74) is 6.69. The highest BCUT2D eigenvalue weighted by molar-refractivity contribution is 5.88. The lowest BCUT2D eigenvalue weighted by Gasteiger charge is -2.35. The minimum absolute atomic E-state index is 0.0799. The van der Waals surface area contributed by atoms with Crippen molar-refractivity contribution in [3.8, 4) is 0 Å². The number of fused-ring (bicyclic) bond motifs is 1. The minimum atomic E-state index is -0.0799. The number of hydrogen-bond acceptors (Lipinski definition) is 5. The van der Waals surface area contributed by atoms with E-state index >= 15 is 0 Å². The van der Waals surface area contributed by atoms with Crippen molar-refractivity contribution in [2.75, 3.05) is 18.4 Å². The lowest BCUT2D eigenvalue weighted by molar-refractivity contribution is 0.165. The second kappa shape index (κ2) is 6.62. The predicted molar refractivity (Wildman–Crippen MR) is 83.2 cm³/mol. The molecule has 2 aliphatic rings. The third-order valence-corrected chi connectivity index (χ3v) is 4.58. The van der Waals surface area contributed by atoms with E-state index in [1.807, 2.05) is 4.90 Å². The van der Waals surface area contributed by atoms with Crippen LogP contribution in [0.1, 0.15) is 33.1 Å². The van der Waals surface area contributed by atoms with Gasteiger partial charge in [0.1, 0.15) is 0 Å². The number of amides is 2. The average molecular weight is 307 g/mol. The van der Waals surface area contributed by atoms with Crippen molar-refractivity contribution in [2.45, 2.75) is 51.7 Å². The molecule has 8 nitrogen and oxygen atoms in total. The second-order valence-corrected chi connectivity index (χ2v) is 6.11. The van der Waals surface area contributed by atoms with Gasteiger partial charge in [0.25, 0.3) is 0 Å². The SMILES string of the molecule is CCCn1cc(NC(=O)N2CCC3NNC(CC)C3C2)nn1. The molecule has 122 valence electrons. The molecule has 22 heavy (non-hydrogen) atoms. The number of piperidine rings is 1. The van der Waals surface area contributed by atoms with E-state index in [2.05, 4.69) is 40.3 Å². The zero-order valence-electron chi connectivity index (χ0n) is 13.2. The summed E-state index contributed by atoms with van der Waals surface area (Å²) in [6.45, 7) is 6.61. The lowest BCUT2D eigenvalue weighted by Crippen LogP contribution is -2.49. The molecule has 3 N–H and O–H groups in total. The Kier molecular flexibility index (Phi) is 4.58. The number of hydrazine groups is 1. The number of carbonyl (C=O) groups is 1. The van der Waals surface area contributed by atoms with Crippen LogP contribution < -0.4 is 16.2 Å². The molecule has 3 rings (SSSR count). The van der Waals surface area contributed by atoms with Crippen LogP contribution in [0.2, 0.25) is 0 Å². The highest BCUT2D eigenvalue weighted by atomic mass is 16.2. The molecule has 2 aliphatic heterocycles. The molecule has 2 saturated heterocycles. The summed E-state index contributed by atoms with van der Waals surface area (Å²) in [7, 11) is 0. The molecule has 2 fully saturated rings. The fourth-order valence-corrected chi connectivity index (χ4v) is 3.36. The molecule has 8 heteroatoms. The van der Waals surface area contributed by atoms with Crippen LogP contribution in [-0.4, -0.2) is 51.1 Å². The van der Waals surface area contributed by atoms with E-state index in [0.29, 0.717) is 23.8 Å². The van der Waals surface area contributed by atoms with Gasteiger partial charge >= 0.3 is 6.03 Å². The number of hydrogen-bond donors (Lipinski definition) is 3. The summed E-state index contributed by atoms with van der Waals surface area (Å²) in [4.78, 5) is 14.3. The molecule has 2 amide bonds. The van der Waals surface area contributed by atoms with Crippen molar-refractivity contribution in [3.63, 3.8) is 0 Å². The van der Waals surface area contributed by atoms with Crippen LogP contribution in [0.5, 0.6) is 0 Å². The standard InChI is InChI=1S/C14H25N7O/c1-3-6-21-9-13(18-19-21)15-14(22)20-7-5-12-10(8-20)11(4-2)16-17-12/h9-12,16-17H,3-8H2,1-2H3,(H,15,22). The fourth-order valence-electron chi connectivity index (χ4n) is 3.36. The van der Waals surface area contributed by atoms with E-state index in [1.54, 1.807) is 10.9 Å². The molecule has 1 aromatic rings. The van der Waals surface area contributed by atoms with Crippen LogP contribution in [0.15, 0.2) is 6.20 Å². The predicted octanol–water partition coefficient (Wildman–Crippen LogP) is 0.797. The quantitative estimate of drug-likeness (QED) is 0.766. The topological polar surface area (TPSA) is 87.1 Å². The number of rotatable bonds is 4. The Labute approximate surface area is 130 Å². The van der Waals surface area contributed by atoms with Gasteiger partial charge in [-0.05, 0) is 19.3 Å². The van der Waals surface area contributed by atoms with Gasteiger partial charge in [-0.3, -0.25) is 20.9 Å². The van der Waals surface area contributed by atoms with E-state index in [1.165, 1.54) is 0 Å². The van der Waals surface area contributed by atoms with Crippen molar-refractivity contribution >= 4 is 11.8 Å². The monoisotopic (exact) mass is 307 g/mol. The van der Waals surface area contributed by atoms with Gasteiger partial charge in [-0.2, -0.15) is 0 Å². The molecular weight excluding hydrogens is 282 g/mol. The molecule has 0 saturated carbocycles. The first-order chi connectivity index (χ1) is 10.7. The van der Waals surface area contributed by atoms with Gasteiger partial charge in [-0.15, -0.1) is 5.10 Å². The molecule has 0 aromatic carbocycles. The zero-order valence-corrected chi connectivity index (χ0v) is 13.2. The van der Waals surface area contributed by atoms with Crippen LogP contribution in [-0.2, 0) is 6.54 Å². The third kappa shape index (κ3) is 3.07. The molecule has 1 aromatic heterocycles. The maximum Gasteiger partial charge on any atom is 0.323 e. The third-order valence-electron chi connectivity index (χ3n) is 4.58. The number of aryl methyl sites for hydroxylation is 1. The van der Waals surface area contributed by atoms with Crippen LogP contribution in [0.4, 0.5) is 10.6 Å². The van der Waals surface area contributed by atoms with E-state index < -0.39 is 0 Å². The van der Waals surface area contributed by atoms with E-state index in [-0.39, 0.29) is 6.03 Å². The number of aromatic nitrogens is 3. The first-order valence-electron chi connectivity index (χ1n) is 8.18. The highest BCUT2D eigenvalue weighted by Gasteiger charge is 2.40. The van der Waals surface area contributed by atoms with Gasteiger partial charge in [0.2, 0.25) is 0 Å². The minimum Gasteiger partial charge on any atom is -0.324 e. The van der Waals surface area contributed by atoms with Crippen LogP contribution >= 0.6 is 0 Å². The second-order valence-electron chi connectivity index (χ2n) is 6.11. The molecule has 0 aliphatic carbocycles. The average Bonchev–Trinajstić information content (AvgIpc) is 3.13. The largest absolute Gasteiger partial charge is 0.324 e. The maximum absolute atomic E-state index is 12.4. The zero-order chi connectivity index (χ0) is 15.5. The van der Waals surface area contributed by atoms with Crippen LogP contribution in [0.3, 0.4) is 0 Å². The van der Waals surface area contributed by atoms with Gasteiger partial charge in [0.15, 0.2) is 5.82 Å². The van der Waals surface area contributed by atoms with Crippen LogP contribution in [0, 0.1) is 5.92 Å². The van der Waals surface area contributed by atoms with Gasteiger partial charge in [-0.1, -0.05) is 19.1 Å². The molecule has 0 bridgehead atoms. The smallest absolute Gasteiger partial charge is 0.323 e. The maximum atomic E-state index is 12.4. The molecule has 3 heterocycles. The van der Waals surface area contributed by atoms with E-state index in [0.717, 1.165) is 38.9 Å². The Balaban J connectivity index is 1.58. The normalized spacial score (nSPS) is 27.7. The fraction of sp³-hybridized carbons (Fsp3) is 0.786. The van der Waals surface area contributed by atoms with Crippen molar-refractivity contribution in [1.82, 2.24) is 30.7 Å². The molecule has 3 atom stereocenters. The summed E-state index contributed by atoms with van der Waals surface area (Å²) in [6, 6.07) is 0.828. The first-order valence-corrected chi connectivity index (χ1v) is 8.18. The van der Waals surface area contributed by atoms with Crippen molar-refractivity contribution < 1.29 is 4.79 Å². The summed E-state index contributed by atoms with van der Waals surface area (Å²) >= 11 is 0. The van der Waals surface area contributed by atoms with Crippen molar-refractivity contribution in [2.24, 2.45) is 5.92 Å². The van der Waals surface area contributed by atoms with Crippen LogP contribution in [0.25, 0.3) is 0 Å². The highest BCUT2D eigenvalue weighted by Crippen LogP contribution is 2.26. The van der Waals surface area contributed by atoms with E-state index in [9.17, 15) is 4.79 Å². The Morgan fingerprint density at radius 1 is 1.45 bits per heavy atom. The van der Waals surface area contributed by atoms with E-state index in [4.69, 9.17) is 0 Å². The van der Waals surface area contributed by atoms with Gasteiger partial charge < -0.3 is 4.90 Å². The molecule has 3 unspecified atom stereocenters. The Bertz CT molecular complexity index is 511. The molecular formula is C14H25N7O. The van der Waals surface area contributed by atoms with Gasteiger partial charge in [0, 0.05) is 37.6 Å². The Hall–Kier alpha value is -1.67. The van der Waals surface area contributed by atoms with Crippen molar-refractivity contribution in [1.29, 1.82) is 0 Å². The lowest BCUT2D eigenvalue weighted by atomic mass is 9.87. The van der Waals surface area contributed by atoms with Gasteiger partial charge in [0.05, 0.1) is 6.20 Å². The summed E-state index contributed by atoms with van der Waals surface area (Å²) < 4.78 is 1.75. The molecule has 0 radical (unpaired) electrons. The Morgan fingerprint density at radius 3 is 3.09 bits per heavy atom. The Morgan fingerprint density at radius 2 is 2.32 bits per heavy atom. The van der Waals surface area contributed by atoms with Crippen molar-refractivity contribution in [3.05, 3.63) is 6.20 Å². The molecule has 0 spiro atoms. The number of nitrogens with zero attached hydrogens (tertiary/aromatic N) is 4. The number of likely N-dealkylation sites (tertiary alicyclic amines) is 1. The number of nitrogens with one attached hydrogen (secondary N) is 3. The number of urea groups is 1. The summed E-state index contributed by atoms with van der Waals surface area (Å²) in [5, 5.41) is 10.8. The first kappa shape index (κ1) is 15.2. The number of carbonyl (C=O) groups excluding carboxylic acids is 1. The summed E-state index contributed by atoms with van der Waals surface area (Å²) in [6.07, 6.45) is 4.81.